The number of carbonyl (C=O) groups excluding carboxylic acids is 1. The Morgan fingerprint density at radius 2 is 2.50 bits per heavy atom. The first kappa shape index (κ1) is 10.3. The van der Waals surface area contributed by atoms with Crippen molar-refractivity contribution < 1.29 is 4.79 Å². The van der Waals surface area contributed by atoms with E-state index >= 15 is 0 Å². The Labute approximate surface area is 81.2 Å². The quantitative estimate of drug-likeness (QED) is 0.409. The topological polar surface area (TPSA) is 107 Å². The number of aliphatic imine (C=N–C) groups is 1. The molecule has 1 unspecified atom stereocenters. The smallest absolute Gasteiger partial charge is 0.345 e. The van der Waals surface area contributed by atoms with E-state index in [2.05, 4.69) is 15.0 Å². The van der Waals surface area contributed by atoms with E-state index in [1.54, 1.807) is 0 Å². The molecule has 0 spiro atoms. The van der Waals surface area contributed by atoms with E-state index < -0.39 is 0 Å². The van der Waals surface area contributed by atoms with Crippen LogP contribution in [0.2, 0.25) is 0 Å². The van der Waals surface area contributed by atoms with Crippen LogP contribution in [-0.4, -0.2) is 35.9 Å². The van der Waals surface area contributed by atoms with Gasteiger partial charge >= 0.3 is 6.03 Å². The van der Waals surface area contributed by atoms with Crippen LogP contribution in [0.4, 0.5) is 4.79 Å². The molecule has 2 N–H and O–H groups in total. The van der Waals surface area contributed by atoms with Gasteiger partial charge in [0.2, 0.25) is 0 Å². The van der Waals surface area contributed by atoms with Crippen LogP contribution < -0.4 is 5.73 Å². The number of urea groups is 1. The molecule has 76 valence electrons. The summed E-state index contributed by atoms with van der Waals surface area (Å²) in [5, 5.41) is 3.40. The predicted molar refractivity (Wildman–Crippen MR) is 51.8 cm³/mol. The van der Waals surface area contributed by atoms with Crippen molar-refractivity contribution in [1.29, 1.82) is 0 Å². The number of nitrogens with zero attached hydrogens (tertiary/aromatic N) is 5. The maximum Gasteiger partial charge on any atom is 0.345 e. The van der Waals surface area contributed by atoms with Crippen molar-refractivity contribution in [3.63, 3.8) is 0 Å². The van der Waals surface area contributed by atoms with E-state index in [0.717, 1.165) is 6.42 Å². The van der Waals surface area contributed by atoms with Gasteiger partial charge in [-0.15, -0.1) is 0 Å². The molecule has 0 fully saturated rings. The van der Waals surface area contributed by atoms with Crippen molar-refractivity contribution in [3.05, 3.63) is 10.4 Å². The number of hydrogen-bond acceptors (Lipinski definition) is 3. The average Bonchev–Trinajstić information content (AvgIpc) is 2.40. The van der Waals surface area contributed by atoms with E-state index in [1.165, 1.54) is 4.90 Å². The average molecular weight is 196 g/mol. The van der Waals surface area contributed by atoms with Gasteiger partial charge in [-0.3, -0.25) is 0 Å². The van der Waals surface area contributed by atoms with Crippen LogP contribution in [-0.2, 0) is 0 Å². The van der Waals surface area contributed by atoms with Gasteiger partial charge in [0.05, 0.1) is 12.6 Å². The van der Waals surface area contributed by atoms with Crippen LogP contribution in [0.3, 0.4) is 0 Å². The SMILES string of the molecule is CCCN1C(=O)N=C(N)C1CN=[N+]=[N-]. The fraction of sp³-hybridized carbons (Fsp3) is 0.714. The third-order valence-corrected chi connectivity index (χ3v) is 1.97. The Balaban J connectivity index is 2.73. The summed E-state index contributed by atoms with van der Waals surface area (Å²) in [5.41, 5.74) is 13.7. The van der Waals surface area contributed by atoms with Crippen LogP contribution >= 0.6 is 0 Å². The highest BCUT2D eigenvalue weighted by atomic mass is 16.2. The van der Waals surface area contributed by atoms with Crippen LogP contribution in [0.1, 0.15) is 13.3 Å². The van der Waals surface area contributed by atoms with Crippen molar-refractivity contribution >= 4 is 11.9 Å². The lowest BCUT2D eigenvalue weighted by Gasteiger charge is -2.21. The number of hydrogen-bond donors (Lipinski definition) is 1. The Hall–Kier alpha value is -1.75. The standard InChI is InChI=1S/C7H12N6O/c1-2-3-13-5(4-10-12-9)6(8)11-7(13)14/h5H,2-4H2,1H3,(H2,8,11,14). The van der Waals surface area contributed by atoms with Crippen LogP contribution in [0.15, 0.2) is 10.1 Å². The van der Waals surface area contributed by atoms with Crippen LogP contribution in [0, 0.1) is 0 Å². The largest absolute Gasteiger partial charge is 0.385 e. The second-order valence-corrected chi connectivity index (χ2v) is 2.94. The first-order valence-corrected chi connectivity index (χ1v) is 4.36. The fourth-order valence-electron chi connectivity index (χ4n) is 1.34. The van der Waals surface area contributed by atoms with Crippen molar-refractivity contribution in [1.82, 2.24) is 4.90 Å². The third-order valence-electron chi connectivity index (χ3n) is 1.97. The minimum atomic E-state index is -0.363. The molecule has 0 saturated carbocycles. The van der Waals surface area contributed by atoms with Gasteiger partial charge < -0.3 is 10.6 Å². The Morgan fingerprint density at radius 1 is 1.79 bits per heavy atom. The Kier molecular flexibility index (Phi) is 3.30. The van der Waals surface area contributed by atoms with E-state index in [1.807, 2.05) is 6.92 Å². The molecule has 0 aromatic heterocycles. The molecule has 14 heavy (non-hydrogen) atoms. The van der Waals surface area contributed by atoms with Crippen LogP contribution in [0.25, 0.3) is 10.4 Å². The highest BCUT2D eigenvalue weighted by molar-refractivity contribution is 6.02. The maximum absolute atomic E-state index is 11.3. The van der Waals surface area contributed by atoms with Gasteiger partial charge in [0.15, 0.2) is 0 Å². The molecular weight excluding hydrogens is 184 g/mol. The van der Waals surface area contributed by atoms with Gasteiger partial charge in [-0.25, -0.2) is 4.79 Å². The first-order valence-electron chi connectivity index (χ1n) is 4.36. The monoisotopic (exact) mass is 196 g/mol. The van der Waals surface area contributed by atoms with E-state index in [9.17, 15) is 4.79 Å². The second kappa shape index (κ2) is 4.48. The molecule has 1 aliphatic rings. The van der Waals surface area contributed by atoms with Crippen LogP contribution in [0.5, 0.6) is 0 Å². The number of azide groups is 1. The van der Waals surface area contributed by atoms with E-state index in [0.29, 0.717) is 6.54 Å². The van der Waals surface area contributed by atoms with Crippen molar-refractivity contribution in [2.24, 2.45) is 15.8 Å². The molecule has 0 radical (unpaired) electrons. The highest BCUT2D eigenvalue weighted by Crippen LogP contribution is 2.11. The fourth-order valence-corrected chi connectivity index (χ4v) is 1.34. The summed E-state index contributed by atoms with van der Waals surface area (Å²) < 4.78 is 0. The Morgan fingerprint density at radius 3 is 3.07 bits per heavy atom. The zero-order chi connectivity index (χ0) is 10.6. The number of amides is 2. The zero-order valence-corrected chi connectivity index (χ0v) is 7.92. The molecule has 0 aliphatic carbocycles. The van der Waals surface area contributed by atoms with E-state index in [4.69, 9.17) is 11.3 Å². The highest BCUT2D eigenvalue weighted by Gasteiger charge is 2.31. The minimum absolute atomic E-state index is 0.150. The Bertz CT molecular complexity index is 305. The maximum atomic E-state index is 11.3. The number of carbonyl (C=O) groups is 1. The lowest BCUT2D eigenvalue weighted by molar-refractivity contribution is 0.207. The van der Waals surface area contributed by atoms with Gasteiger partial charge in [0.25, 0.3) is 0 Å². The lowest BCUT2D eigenvalue weighted by atomic mass is 10.2. The van der Waals surface area contributed by atoms with Gasteiger partial charge in [0, 0.05) is 11.5 Å². The molecule has 1 rings (SSSR count). The zero-order valence-electron chi connectivity index (χ0n) is 7.92. The lowest BCUT2D eigenvalue weighted by Crippen LogP contribution is -2.42. The molecule has 1 aliphatic heterocycles. The molecule has 0 saturated heterocycles. The number of rotatable bonds is 4. The van der Waals surface area contributed by atoms with Gasteiger partial charge in [-0.2, -0.15) is 4.99 Å². The normalized spacial score (nSPS) is 20.6. The third kappa shape index (κ3) is 1.94. The molecule has 7 heteroatoms. The summed E-state index contributed by atoms with van der Waals surface area (Å²) in [6.07, 6.45) is 0.821. The first-order chi connectivity index (χ1) is 6.70. The molecular formula is C7H12N6O. The molecule has 1 heterocycles. The number of amidine groups is 1. The summed E-state index contributed by atoms with van der Waals surface area (Å²) in [5.74, 6) is 0.232. The summed E-state index contributed by atoms with van der Waals surface area (Å²) in [4.78, 5) is 19.0. The molecule has 2 amide bonds. The molecule has 0 aromatic carbocycles. The molecule has 1 atom stereocenters. The van der Waals surface area contributed by atoms with Gasteiger partial charge in [-0.1, -0.05) is 12.0 Å². The van der Waals surface area contributed by atoms with Gasteiger partial charge in [-0.05, 0) is 12.0 Å². The minimum Gasteiger partial charge on any atom is -0.385 e. The molecule has 0 aromatic rings. The van der Waals surface area contributed by atoms with Gasteiger partial charge in [0.1, 0.15) is 5.84 Å². The van der Waals surface area contributed by atoms with Crippen molar-refractivity contribution in [3.8, 4) is 0 Å². The predicted octanol–water partition coefficient (Wildman–Crippen LogP) is 0.868. The summed E-state index contributed by atoms with van der Waals surface area (Å²) in [7, 11) is 0. The van der Waals surface area contributed by atoms with E-state index in [-0.39, 0.29) is 24.5 Å². The molecule has 0 bridgehead atoms. The van der Waals surface area contributed by atoms with Crippen molar-refractivity contribution in [2.75, 3.05) is 13.1 Å². The second-order valence-electron chi connectivity index (χ2n) is 2.94. The number of nitrogens with two attached hydrogens (primary N) is 1. The van der Waals surface area contributed by atoms with Crippen molar-refractivity contribution in [2.45, 2.75) is 19.4 Å². The summed E-state index contributed by atoms with van der Waals surface area (Å²) in [6, 6.07) is -0.708. The summed E-state index contributed by atoms with van der Waals surface area (Å²) >= 11 is 0. The summed E-state index contributed by atoms with van der Waals surface area (Å²) in [6.45, 7) is 2.68. The molecule has 7 nitrogen and oxygen atoms in total.